The Bertz CT molecular complexity index is 494. The second kappa shape index (κ2) is 5.91. The van der Waals surface area contributed by atoms with E-state index < -0.39 is 0 Å². The molecule has 0 bridgehead atoms. The summed E-state index contributed by atoms with van der Waals surface area (Å²) in [4.78, 5) is 14.4. The van der Waals surface area contributed by atoms with Gasteiger partial charge in [0.05, 0.1) is 5.69 Å². The van der Waals surface area contributed by atoms with E-state index in [0.717, 1.165) is 30.5 Å². The van der Waals surface area contributed by atoms with Gasteiger partial charge in [-0.15, -0.1) is 0 Å². The summed E-state index contributed by atoms with van der Waals surface area (Å²) >= 11 is 0. The lowest BCUT2D eigenvalue weighted by Gasteiger charge is -2.28. The topological polar surface area (TPSA) is 40.5 Å². The highest BCUT2D eigenvalue weighted by atomic mass is 16.3. The summed E-state index contributed by atoms with van der Waals surface area (Å²) in [7, 11) is 0. The van der Waals surface area contributed by atoms with Crippen molar-refractivity contribution in [3.8, 4) is 5.75 Å². The number of aryl methyl sites for hydroxylation is 1. The van der Waals surface area contributed by atoms with Crippen molar-refractivity contribution >= 4 is 11.6 Å². The van der Waals surface area contributed by atoms with Gasteiger partial charge in [0.15, 0.2) is 0 Å². The molecule has 0 heterocycles. The molecule has 0 spiro atoms. The van der Waals surface area contributed by atoms with Crippen LogP contribution in [-0.4, -0.2) is 17.6 Å². The first-order valence-electron chi connectivity index (χ1n) is 6.89. The first kappa shape index (κ1) is 13.7. The van der Waals surface area contributed by atoms with E-state index in [1.807, 2.05) is 19.9 Å². The summed E-state index contributed by atoms with van der Waals surface area (Å²) in [5, 5.41) is 9.62. The molecule has 1 atom stereocenters. The van der Waals surface area contributed by atoms with Crippen LogP contribution in [0.15, 0.2) is 30.4 Å². The van der Waals surface area contributed by atoms with Crippen LogP contribution in [0.4, 0.5) is 5.69 Å². The van der Waals surface area contributed by atoms with Gasteiger partial charge in [-0.3, -0.25) is 4.79 Å². The number of aromatic hydroxyl groups is 1. The van der Waals surface area contributed by atoms with Crippen LogP contribution in [0.1, 0.15) is 31.7 Å². The predicted octanol–water partition coefficient (Wildman–Crippen LogP) is 3.41. The van der Waals surface area contributed by atoms with Gasteiger partial charge in [0.2, 0.25) is 5.91 Å². The van der Waals surface area contributed by atoms with E-state index >= 15 is 0 Å². The minimum atomic E-state index is 0.0756. The van der Waals surface area contributed by atoms with Crippen molar-refractivity contribution in [2.75, 3.05) is 11.4 Å². The number of hydrogen-bond acceptors (Lipinski definition) is 2. The summed E-state index contributed by atoms with van der Waals surface area (Å²) < 4.78 is 0. The maximum Gasteiger partial charge on any atom is 0.230 e. The largest absolute Gasteiger partial charge is 0.508 e. The molecular weight excluding hydrogens is 238 g/mol. The number of carbonyl (C=O) groups excluding carboxylic acids is 1. The summed E-state index contributed by atoms with van der Waals surface area (Å²) in [5.74, 6) is 0.447. The number of phenols is 1. The third-order valence-electron chi connectivity index (χ3n) is 3.68. The van der Waals surface area contributed by atoms with Gasteiger partial charge in [-0.1, -0.05) is 18.2 Å². The van der Waals surface area contributed by atoms with E-state index in [4.69, 9.17) is 0 Å². The van der Waals surface area contributed by atoms with E-state index in [0.29, 0.717) is 6.54 Å². The minimum absolute atomic E-state index is 0.0756. The molecule has 1 aliphatic carbocycles. The second-order valence-electron chi connectivity index (χ2n) is 5.03. The molecule has 1 unspecified atom stereocenters. The zero-order chi connectivity index (χ0) is 13.8. The Morgan fingerprint density at radius 1 is 1.42 bits per heavy atom. The highest BCUT2D eigenvalue weighted by Crippen LogP contribution is 2.28. The third-order valence-corrected chi connectivity index (χ3v) is 3.68. The minimum Gasteiger partial charge on any atom is -0.508 e. The molecular formula is C16H21NO2. The lowest BCUT2D eigenvalue weighted by molar-refractivity contribution is -0.122. The monoisotopic (exact) mass is 259 g/mol. The number of benzene rings is 1. The van der Waals surface area contributed by atoms with Crippen LogP contribution >= 0.6 is 0 Å². The highest BCUT2D eigenvalue weighted by molar-refractivity contribution is 5.96. The van der Waals surface area contributed by atoms with Crippen LogP contribution in [0.3, 0.4) is 0 Å². The molecule has 0 saturated carbocycles. The van der Waals surface area contributed by atoms with Gasteiger partial charge in [0.1, 0.15) is 5.75 Å². The van der Waals surface area contributed by atoms with Gasteiger partial charge in [-0.05, 0) is 44.7 Å². The number of allylic oxidation sites excluding steroid dienone is 2. The van der Waals surface area contributed by atoms with Gasteiger partial charge < -0.3 is 10.0 Å². The zero-order valence-corrected chi connectivity index (χ0v) is 11.6. The zero-order valence-electron chi connectivity index (χ0n) is 11.6. The van der Waals surface area contributed by atoms with E-state index in [1.54, 1.807) is 17.0 Å². The average Bonchev–Trinajstić information content (AvgIpc) is 2.44. The highest BCUT2D eigenvalue weighted by Gasteiger charge is 2.25. The molecule has 1 aliphatic rings. The van der Waals surface area contributed by atoms with Crippen LogP contribution in [0.5, 0.6) is 5.75 Å². The average molecular weight is 259 g/mol. The Hall–Kier alpha value is -1.77. The van der Waals surface area contributed by atoms with Gasteiger partial charge in [-0.2, -0.15) is 0 Å². The normalized spacial score (nSPS) is 18.3. The van der Waals surface area contributed by atoms with Crippen molar-refractivity contribution in [2.45, 2.75) is 33.1 Å². The van der Waals surface area contributed by atoms with Gasteiger partial charge >= 0.3 is 0 Å². The Kier molecular flexibility index (Phi) is 4.25. The standard InChI is InChI=1S/C16H21NO2/c1-3-17(15-11-14(18)10-9-12(15)2)16(19)13-7-5-4-6-8-13/h4-5,9-11,13,18H,3,6-8H2,1-2H3. The van der Waals surface area contributed by atoms with Gasteiger partial charge in [0.25, 0.3) is 0 Å². The molecule has 1 amide bonds. The van der Waals surface area contributed by atoms with Crippen molar-refractivity contribution < 1.29 is 9.90 Å². The van der Waals surface area contributed by atoms with E-state index in [1.165, 1.54) is 0 Å². The number of amides is 1. The number of nitrogens with zero attached hydrogens (tertiary/aromatic N) is 1. The molecule has 0 aliphatic heterocycles. The van der Waals surface area contributed by atoms with Crippen LogP contribution < -0.4 is 4.90 Å². The Morgan fingerprint density at radius 2 is 2.21 bits per heavy atom. The van der Waals surface area contributed by atoms with E-state index in [-0.39, 0.29) is 17.6 Å². The van der Waals surface area contributed by atoms with Gasteiger partial charge in [-0.25, -0.2) is 0 Å². The number of hydrogen-bond donors (Lipinski definition) is 1. The first-order valence-corrected chi connectivity index (χ1v) is 6.89. The molecule has 0 fully saturated rings. The number of carbonyl (C=O) groups is 1. The molecule has 0 aromatic heterocycles. The SMILES string of the molecule is CCN(C(=O)C1CC=CCC1)c1cc(O)ccc1C. The van der Waals surface area contributed by atoms with Gasteiger partial charge in [0, 0.05) is 18.5 Å². The fourth-order valence-electron chi connectivity index (χ4n) is 2.57. The smallest absolute Gasteiger partial charge is 0.230 e. The Morgan fingerprint density at radius 3 is 2.84 bits per heavy atom. The van der Waals surface area contributed by atoms with Crippen LogP contribution in [0.2, 0.25) is 0 Å². The second-order valence-corrected chi connectivity index (χ2v) is 5.03. The molecule has 0 saturated heterocycles. The summed E-state index contributed by atoms with van der Waals surface area (Å²) in [5.41, 5.74) is 1.83. The number of anilines is 1. The summed E-state index contributed by atoms with van der Waals surface area (Å²) in [6.07, 6.45) is 6.96. The quantitative estimate of drug-likeness (QED) is 0.845. The van der Waals surface area contributed by atoms with Crippen molar-refractivity contribution in [1.29, 1.82) is 0 Å². The third kappa shape index (κ3) is 2.98. The van der Waals surface area contributed by atoms with Crippen molar-refractivity contribution in [2.24, 2.45) is 5.92 Å². The Balaban J connectivity index is 2.26. The molecule has 3 nitrogen and oxygen atoms in total. The first-order chi connectivity index (χ1) is 9.13. The molecule has 0 radical (unpaired) electrons. The molecule has 1 N–H and O–H groups in total. The Labute approximate surface area is 114 Å². The van der Waals surface area contributed by atoms with Crippen molar-refractivity contribution in [1.82, 2.24) is 0 Å². The van der Waals surface area contributed by atoms with Crippen LogP contribution in [0, 0.1) is 12.8 Å². The molecule has 1 aromatic rings. The van der Waals surface area contributed by atoms with Crippen LogP contribution in [0.25, 0.3) is 0 Å². The lowest BCUT2D eigenvalue weighted by atomic mass is 9.92. The lowest BCUT2D eigenvalue weighted by Crippen LogP contribution is -2.36. The number of rotatable bonds is 3. The van der Waals surface area contributed by atoms with E-state index in [9.17, 15) is 9.90 Å². The molecule has 3 heteroatoms. The van der Waals surface area contributed by atoms with E-state index in [2.05, 4.69) is 12.2 Å². The summed E-state index contributed by atoms with van der Waals surface area (Å²) in [6, 6.07) is 5.18. The maximum atomic E-state index is 12.6. The fraction of sp³-hybridized carbons (Fsp3) is 0.438. The maximum absolute atomic E-state index is 12.6. The molecule has 102 valence electrons. The molecule has 1 aromatic carbocycles. The molecule has 2 rings (SSSR count). The van der Waals surface area contributed by atoms with Crippen LogP contribution in [-0.2, 0) is 4.79 Å². The predicted molar refractivity (Wildman–Crippen MR) is 77.4 cm³/mol. The van der Waals surface area contributed by atoms with Crippen molar-refractivity contribution in [3.05, 3.63) is 35.9 Å². The molecule has 19 heavy (non-hydrogen) atoms. The number of phenolic OH excluding ortho intramolecular Hbond substituents is 1. The van der Waals surface area contributed by atoms with Crippen molar-refractivity contribution in [3.63, 3.8) is 0 Å². The fourth-order valence-corrected chi connectivity index (χ4v) is 2.57. The summed E-state index contributed by atoms with van der Waals surface area (Å²) in [6.45, 7) is 4.56.